The quantitative estimate of drug-likeness (QED) is 0.143. The molecule has 14 nitrogen and oxygen atoms in total. The summed E-state index contributed by atoms with van der Waals surface area (Å²) in [6.07, 6.45) is -16.4. The van der Waals surface area contributed by atoms with Gasteiger partial charge in [0.05, 0.1) is 13.2 Å². The highest BCUT2D eigenvalue weighted by Crippen LogP contribution is 2.45. The molecule has 2 heterocycles. The Morgan fingerprint density at radius 2 is 1.18 bits per heavy atom. The number of hydrogen-bond donors (Lipinski definition) is 9. The normalized spacial score (nSPS) is 35.2. The number of hydrogen-bond acceptors (Lipinski definition) is 14. The van der Waals surface area contributed by atoms with E-state index in [0.29, 0.717) is 0 Å². The third-order valence-corrected chi connectivity index (χ3v) is 6.88. The Morgan fingerprint density at radius 1 is 0.744 bits per heavy atom. The van der Waals surface area contributed by atoms with Crippen LogP contribution in [-0.4, -0.2) is 126 Å². The molecule has 222 valence electrons. The fourth-order valence-corrected chi connectivity index (χ4v) is 4.59. The first kappa shape index (κ1) is 31.4. The van der Waals surface area contributed by atoms with Crippen molar-refractivity contribution in [3.63, 3.8) is 0 Å². The molecule has 1 aromatic rings. The van der Waals surface area contributed by atoms with E-state index >= 15 is 0 Å². The molecule has 1 aromatic carbocycles. The molecule has 39 heavy (non-hydrogen) atoms. The number of aliphatic hydroxyl groups excluding tert-OH is 8. The van der Waals surface area contributed by atoms with E-state index < -0.39 is 86.2 Å². The van der Waals surface area contributed by atoms with Crippen molar-refractivity contribution < 1.29 is 69.7 Å². The van der Waals surface area contributed by atoms with Gasteiger partial charge in [-0.2, -0.15) is 0 Å². The maximum atomic E-state index is 13.2. The van der Waals surface area contributed by atoms with Crippen molar-refractivity contribution in [2.45, 2.75) is 95.5 Å². The summed E-state index contributed by atoms with van der Waals surface area (Å²) in [6, 6.07) is 0. The lowest BCUT2D eigenvalue weighted by Crippen LogP contribution is -2.60. The Morgan fingerprint density at radius 3 is 1.59 bits per heavy atom. The summed E-state index contributed by atoms with van der Waals surface area (Å²) in [5, 5.41) is 91.5. The molecule has 0 aromatic heterocycles. The van der Waals surface area contributed by atoms with Crippen LogP contribution in [0.15, 0.2) is 0 Å². The molecule has 14 heteroatoms. The Bertz CT molecular complexity index is 1010. The van der Waals surface area contributed by atoms with Crippen LogP contribution in [0.5, 0.6) is 17.2 Å². The molecule has 0 aliphatic carbocycles. The molecular weight excluding hydrogens is 524 g/mol. The number of rotatable bonds is 9. The van der Waals surface area contributed by atoms with Crippen LogP contribution in [0.3, 0.4) is 0 Å². The molecule has 3 rings (SSSR count). The molecule has 2 aliphatic heterocycles. The van der Waals surface area contributed by atoms with Gasteiger partial charge in [0, 0.05) is 17.5 Å². The SMILES string of the molecule is Cc1c(O)c(C(=O)CC(C)C)c(OC2OC(CO)C(O)C(O)C2O)c(C)c1OC1OC(CO)C(O)C(O)C1O. The molecule has 0 bridgehead atoms. The van der Waals surface area contributed by atoms with E-state index in [-0.39, 0.29) is 40.5 Å². The van der Waals surface area contributed by atoms with Crippen molar-refractivity contribution in [1.29, 1.82) is 0 Å². The zero-order valence-corrected chi connectivity index (χ0v) is 22.0. The largest absolute Gasteiger partial charge is 0.507 e. The van der Waals surface area contributed by atoms with Crippen LogP contribution in [0, 0.1) is 19.8 Å². The molecular formula is C25H38O14. The molecule has 0 spiro atoms. The second-order valence-corrected chi connectivity index (χ2v) is 10.3. The van der Waals surface area contributed by atoms with Gasteiger partial charge in [0.25, 0.3) is 0 Å². The van der Waals surface area contributed by atoms with Crippen LogP contribution >= 0.6 is 0 Å². The Labute approximate surface area is 224 Å². The second-order valence-electron chi connectivity index (χ2n) is 10.3. The van der Waals surface area contributed by atoms with Gasteiger partial charge >= 0.3 is 0 Å². The number of ketones is 1. The van der Waals surface area contributed by atoms with Gasteiger partial charge in [-0.3, -0.25) is 4.79 Å². The third kappa shape index (κ3) is 6.15. The highest BCUT2D eigenvalue weighted by Gasteiger charge is 2.47. The Hall–Kier alpha value is -2.11. The van der Waals surface area contributed by atoms with Crippen LogP contribution < -0.4 is 9.47 Å². The number of aromatic hydroxyl groups is 1. The van der Waals surface area contributed by atoms with Crippen molar-refractivity contribution >= 4 is 5.78 Å². The third-order valence-electron chi connectivity index (χ3n) is 6.88. The molecule has 2 aliphatic rings. The highest BCUT2D eigenvalue weighted by atomic mass is 16.7. The van der Waals surface area contributed by atoms with Crippen molar-refractivity contribution in [2.75, 3.05) is 13.2 Å². The number of carbonyl (C=O) groups excluding carboxylic acids is 1. The molecule has 0 amide bonds. The summed E-state index contributed by atoms with van der Waals surface area (Å²) >= 11 is 0. The van der Waals surface area contributed by atoms with E-state index in [1.807, 2.05) is 0 Å². The molecule has 0 radical (unpaired) electrons. The summed E-state index contributed by atoms with van der Waals surface area (Å²) < 4.78 is 22.4. The maximum Gasteiger partial charge on any atom is 0.229 e. The summed E-state index contributed by atoms with van der Waals surface area (Å²) in [7, 11) is 0. The molecule has 10 atom stereocenters. The van der Waals surface area contributed by atoms with Gasteiger partial charge < -0.3 is 64.9 Å². The standard InChI is InChI=1S/C25H38O14/c1-8(2)5-11(28)14-15(29)9(3)22(38-24-20(34)18(32)16(30)12(6-26)36-24)10(4)23(14)39-25-21(35)19(33)17(31)13(7-27)37-25/h8,12-13,16-21,24-27,29-35H,5-7H2,1-4H3. The lowest BCUT2D eigenvalue weighted by Gasteiger charge is -2.41. The van der Waals surface area contributed by atoms with Crippen LogP contribution in [0.25, 0.3) is 0 Å². The van der Waals surface area contributed by atoms with Crippen molar-refractivity contribution in [2.24, 2.45) is 5.92 Å². The summed E-state index contributed by atoms with van der Waals surface area (Å²) in [5.41, 5.74) is -0.194. The lowest BCUT2D eigenvalue weighted by atomic mass is 9.94. The molecule has 2 saturated heterocycles. The number of aliphatic hydroxyl groups is 8. The summed E-state index contributed by atoms with van der Waals surface area (Å²) in [5.74, 6) is -1.69. The predicted molar refractivity (Wildman–Crippen MR) is 130 cm³/mol. The van der Waals surface area contributed by atoms with E-state index in [9.17, 15) is 50.8 Å². The number of benzene rings is 1. The highest BCUT2D eigenvalue weighted by molar-refractivity contribution is 6.02. The average molecular weight is 563 g/mol. The van der Waals surface area contributed by atoms with E-state index in [1.54, 1.807) is 13.8 Å². The van der Waals surface area contributed by atoms with Crippen molar-refractivity contribution in [1.82, 2.24) is 0 Å². The topological polar surface area (TPSA) is 236 Å². The van der Waals surface area contributed by atoms with Crippen molar-refractivity contribution in [3.8, 4) is 17.2 Å². The zero-order valence-electron chi connectivity index (χ0n) is 22.0. The molecule has 0 saturated carbocycles. The van der Waals surface area contributed by atoms with Gasteiger partial charge in [0.1, 0.15) is 71.6 Å². The van der Waals surface area contributed by atoms with Crippen LogP contribution in [0.1, 0.15) is 41.8 Å². The number of phenols is 1. The minimum absolute atomic E-state index is 0.00953. The average Bonchev–Trinajstić information content (AvgIpc) is 2.89. The summed E-state index contributed by atoms with van der Waals surface area (Å²) in [4.78, 5) is 13.2. The van der Waals surface area contributed by atoms with Gasteiger partial charge in [-0.25, -0.2) is 0 Å². The number of Topliss-reactive ketones (excluding diaryl/α,β-unsaturated/α-hetero) is 1. The zero-order chi connectivity index (χ0) is 29.3. The Kier molecular flexibility index (Phi) is 10.1. The Balaban J connectivity index is 2.09. The van der Waals surface area contributed by atoms with E-state index in [2.05, 4.69) is 0 Å². The van der Waals surface area contributed by atoms with Gasteiger partial charge in [-0.1, -0.05) is 13.8 Å². The first-order valence-corrected chi connectivity index (χ1v) is 12.6. The minimum Gasteiger partial charge on any atom is -0.507 e. The molecule has 2 fully saturated rings. The van der Waals surface area contributed by atoms with Gasteiger partial charge in [-0.05, 0) is 19.8 Å². The predicted octanol–water partition coefficient (Wildman–Crippen LogP) is -2.40. The van der Waals surface area contributed by atoms with E-state index in [0.717, 1.165) is 0 Å². The van der Waals surface area contributed by atoms with E-state index in [4.69, 9.17) is 18.9 Å². The monoisotopic (exact) mass is 562 g/mol. The number of ether oxygens (including phenoxy) is 4. The first-order chi connectivity index (χ1) is 18.2. The second kappa shape index (κ2) is 12.6. The number of phenolic OH excluding ortho intramolecular Hbond substituents is 1. The smallest absolute Gasteiger partial charge is 0.229 e. The number of carbonyl (C=O) groups is 1. The van der Waals surface area contributed by atoms with Gasteiger partial charge in [-0.15, -0.1) is 0 Å². The van der Waals surface area contributed by atoms with Crippen LogP contribution in [0.4, 0.5) is 0 Å². The van der Waals surface area contributed by atoms with Crippen molar-refractivity contribution in [3.05, 3.63) is 16.7 Å². The fraction of sp³-hybridized carbons (Fsp3) is 0.720. The molecule has 10 unspecified atom stereocenters. The lowest BCUT2D eigenvalue weighted by molar-refractivity contribution is -0.279. The van der Waals surface area contributed by atoms with E-state index in [1.165, 1.54) is 13.8 Å². The maximum absolute atomic E-state index is 13.2. The first-order valence-electron chi connectivity index (χ1n) is 12.6. The summed E-state index contributed by atoms with van der Waals surface area (Å²) in [6.45, 7) is 4.96. The van der Waals surface area contributed by atoms with Crippen LogP contribution in [-0.2, 0) is 9.47 Å². The van der Waals surface area contributed by atoms with Gasteiger partial charge in [0.15, 0.2) is 5.78 Å². The van der Waals surface area contributed by atoms with Crippen LogP contribution in [0.2, 0.25) is 0 Å². The molecule has 9 N–H and O–H groups in total. The minimum atomic E-state index is -1.83. The van der Waals surface area contributed by atoms with Gasteiger partial charge in [0.2, 0.25) is 12.6 Å². The fourth-order valence-electron chi connectivity index (χ4n) is 4.59.